The van der Waals surface area contributed by atoms with Crippen molar-refractivity contribution in [3.8, 4) is 6.07 Å². The number of rotatable bonds is 1. The van der Waals surface area contributed by atoms with E-state index in [0.29, 0.717) is 4.47 Å². The molecule has 0 saturated heterocycles. The summed E-state index contributed by atoms with van der Waals surface area (Å²) in [5, 5.41) is 8.45. The van der Waals surface area contributed by atoms with Crippen molar-refractivity contribution < 1.29 is 13.2 Å². The highest BCUT2D eigenvalue weighted by atomic mass is 79.9. The molecule has 5 heteroatoms. The van der Waals surface area contributed by atoms with Crippen molar-refractivity contribution in [3.63, 3.8) is 0 Å². The molecule has 0 aromatic heterocycles. The molecule has 1 unspecified atom stereocenters. The van der Waals surface area contributed by atoms with Crippen molar-refractivity contribution >= 4 is 15.9 Å². The number of hydrogen-bond acceptors (Lipinski definition) is 1. The zero-order valence-electron chi connectivity index (χ0n) is 6.85. The third-order valence-electron chi connectivity index (χ3n) is 1.67. The molecule has 0 amide bonds. The Labute approximate surface area is 87.3 Å². The maximum absolute atomic E-state index is 12.3. The van der Waals surface area contributed by atoms with Gasteiger partial charge in [-0.15, -0.1) is 0 Å². The Morgan fingerprint density at radius 1 is 1.29 bits per heavy atom. The molecular weight excluding hydrogens is 259 g/mol. The second kappa shape index (κ2) is 4.01. The van der Waals surface area contributed by atoms with E-state index >= 15 is 0 Å². The van der Waals surface area contributed by atoms with Crippen LogP contribution in [-0.2, 0) is 0 Å². The Morgan fingerprint density at radius 3 is 2.29 bits per heavy atom. The molecule has 0 N–H and O–H groups in total. The largest absolute Gasteiger partial charge is 0.408 e. The van der Waals surface area contributed by atoms with Gasteiger partial charge in [0, 0.05) is 4.47 Å². The maximum atomic E-state index is 12.3. The summed E-state index contributed by atoms with van der Waals surface area (Å²) in [5.41, 5.74) is -0.0532. The second-order valence-electron chi connectivity index (χ2n) is 2.63. The van der Waals surface area contributed by atoms with Gasteiger partial charge in [-0.2, -0.15) is 18.4 Å². The number of nitrogens with zero attached hydrogens (tertiary/aromatic N) is 1. The van der Waals surface area contributed by atoms with Gasteiger partial charge in [0.2, 0.25) is 0 Å². The fourth-order valence-electron chi connectivity index (χ4n) is 1.03. The predicted molar refractivity (Wildman–Crippen MR) is 48.6 cm³/mol. The van der Waals surface area contributed by atoms with Crippen molar-refractivity contribution in [3.05, 3.63) is 34.3 Å². The lowest BCUT2D eigenvalue weighted by Gasteiger charge is -2.14. The molecule has 0 aliphatic carbocycles. The third-order valence-corrected chi connectivity index (χ3v) is 2.39. The van der Waals surface area contributed by atoms with Gasteiger partial charge < -0.3 is 0 Å². The minimum Gasteiger partial charge on any atom is -0.197 e. The lowest BCUT2D eigenvalue weighted by Crippen LogP contribution is -2.19. The molecule has 0 aliphatic rings. The SMILES string of the molecule is N#CC(c1ccccc1Br)C(F)(F)F. The monoisotopic (exact) mass is 263 g/mol. The van der Waals surface area contributed by atoms with Crippen LogP contribution in [0.5, 0.6) is 0 Å². The van der Waals surface area contributed by atoms with Gasteiger partial charge in [-0.3, -0.25) is 0 Å². The van der Waals surface area contributed by atoms with E-state index in [4.69, 9.17) is 5.26 Å². The number of benzene rings is 1. The van der Waals surface area contributed by atoms with Gasteiger partial charge in [-0.05, 0) is 11.6 Å². The smallest absolute Gasteiger partial charge is 0.197 e. The molecule has 14 heavy (non-hydrogen) atoms. The van der Waals surface area contributed by atoms with E-state index in [1.807, 2.05) is 0 Å². The molecular formula is C9H5BrF3N. The van der Waals surface area contributed by atoms with Crippen molar-refractivity contribution in [2.45, 2.75) is 12.1 Å². The quantitative estimate of drug-likeness (QED) is 0.759. The Bertz CT molecular complexity index is 367. The minimum atomic E-state index is -4.53. The Morgan fingerprint density at radius 2 is 1.86 bits per heavy atom. The van der Waals surface area contributed by atoms with Gasteiger partial charge in [0.05, 0.1) is 6.07 Å². The molecule has 1 aromatic carbocycles. The van der Waals surface area contributed by atoms with Crippen molar-refractivity contribution in [2.24, 2.45) is 0 Å². The van der Waals surface area contributed by atoms with E-state index in [-0.39, 0.29) is 5.56 Å². The van der Waals surface area contributed by atoms with Gasteiger partial charge in [-0.1, -0.05) is 34.1 Å². The summed E-state index contributed by atoms with van der Waals surface area (Å²) in [5.74, 6) is -2.07. The minimum absolute atomic E-state index is 0.0532. The van der Waals surface area contributed by atoms with E-state index in [1.54, 1.807) is 6.07 Å². The lowest BCUT2D eigenvalue weighted by atomic mass is 10.0. The molecule has 0 heterocycles. The highest BCUT2D eigenvalue weighted by molar-refractivity contribution is 9.10. The fourth-order valence-corrected chi connectivity index (χ4v) is 1.54. The van der Waals surface area contributed by atoms with Crippen LogP contribution in [0.4, 0.5) is 13.2 Å². The van der Waals surface area contributed by atoms with Crippen LogP contribution in [-0.4, -0.2) is 6.18 Å². The number of nitriles is 1. The molecule has 0 aliphatic heterocycles. The van der Waals surface area contributed by atoms with E-state index < -0.39 is 12.1 Å². The first-order chi connectivity index (χ1) is 6.46. The van der Waals surface area contributed by atoms with E-state index in [0.717, 1.165) is 0 Å². The topological polar surface area (TPSA) is 23.8 Å². The molecule has 1 aromatic rings. The number of hydrogen-bond donors (Lipinski definition) is 0. The van der Waals surface area contributed by atoms with Crippen LogP contribution in [0.2, 0.25) is 0 Å². The zero-order chi connectivity index (χ0) is 10.8. The van der Waals surface area contributed by atoms with Crippen LogP contribution in [0, 0.1) is 11.3 Å². The summed E-state index contributed by atoms with van der Waals surface area (Å²) < 4.78 is 37.3. The Balaban J connectivity index is 3.16. The highest BCUT2D eigenvalue weighted by Crippen LogP contribution is 2.37. The summed E-state index contributed by atoms with van der Waals surface area (Å²) in [6.07, 6.45) is -4.53. The highest BCUT2D eigenvalue weighted by Gasteiger charge is 2.41. The fraction of sp³-hybridized carbons (Fsp3) is 0.222. The predicted octanol–water partition coefficient (Wildman–Crippen LogP) is 3.62. The standard InChI is InChI=1S/C9H5BrF3N/c10-8-4-2-1-3-6(8)7(5-14)9(11,12)13/h1-4,7H. The van der Waals surface area contributed by atoms with Gasteiger partial charge in [-0.25, -0.2) is 0 Å². The molecule has 0 saturated carbocycles. The van der Waals surface area contributed by atoms with Crippen LogP contribution < -0.4 is 0 Å². The third kappa shape index (κ3) is 2.26. The van der Waals surface area contributed by atoms with Crippen molar-refractivity contribution in [2.75, 3.05) is 0 Å². The number of alkyl halides is 3. The average molecular weight is 264 g/mol. The molecule has 1 nitrogen and oxygen atoms in total. The molecule has 1 atom stereocenters. The van der Waals surface area contributed by atoms with Crippen molar-refractivity contribution in [1.29, 1.82) is 5.26 Å². The van der Waals surface area contributed by atoms with Crippen LogP contribution in [0.1, 0.15) is 11.5 Å². The summed E-state index contributed by atoms with van der Waals surface area (Å²) in [6, 6.07) is 7.07. The summed E-state index contributed by atoms with van der Waals surface area (Å²) >= 11 is 2.98. The van der Waals surface area contributed by atoms with Crippen LogP contribution in [0.25, 0.3) is 0 Å². The first kappa shape index (κ1) is 11.1. The van der Waals surface area contributed by atoms with E-state index in [2.05, 4.69) is 15.9 Å². The molecule has 0 bridgehead atoms. The molecule has 1 rings (SSSR count). The zero-order valence-corrected chi connectivity index (χ0v) is 8.43. The average Bonchev–Trinajstić information content (AvgIpc) is 2.07. The maximum Gasteiger partial charge on any atom is 0.408 e. The summed E-state index contributed by atoms with van der Waals surface area (Å²) in [7, 11) is 0. The molecule has 0 spiro atoms. The first-order valence-corrected chi connectivity index (χ1v) is 4.47. The van der Waals surface area contributed by atoms with Crippen LogP contribution >= 0.6 is 15.9 Å². The van der Waals surface area contributed by atoms with Crippen LogP contribution in [0.15, 0.2) is 28.7 Å². The van der Waals surface area contributed by atoms with Crippen LogP contribution in [0.3, 0.4) is 0 Å². The Kier molecular flexibility index (Phi) is 3.17. The second-order valence-corrected chi connectivity index (χ2v) is 3.48. The van der Waals surface area contributed by atoms with Gasteiger partial charge in [0.1, 0.15) is 0 Å². The van der Waals surface area contributed by atoms with E-state index in [9.17, 15) is 13.2 Å². The van der Waals surface area contributed by atoms with Gasteiger partial charge in [0.25, 0.3) is 0 Å². The molecule has 0 fully saturated rings. The van der Waals surface area contributed by atoms with Crippen molar-refractivity contribution in [1.82, 2.24) is 0 Å². The van der Waals surface area contributed by atoms with Gasteiger partial charge in [0.15, 0.2) is 5.92 Å². The first-order valence-electron chi connectivity index (χ1n) is 3.67. The molecule has 74 valence electrons. The number of halogens is 4. The summed E-state index contributed by atoms with van der Waals surface area (Å²) in [6.45, 7) is 0. The molecule has 0 radical (unpaired) electrons. The lowest BCUT2D eigenvalue weighted by molar-refractivity contribution is -0.137. The van der Waals surface area contributed by atoms with Gasteiger partial charge >= 0.3 is 6.18 Å². The normalized spacial score (nSPS) is 13.4. The summed E-state index contributed by atoms with van der Waals surface area (Å²) in [4.78, 5) is 0. The Hall–Kier alpha value is -1.02. The van der Waals surface area contributed by atoms with E-state index in [1.165, 1.54) is 24.3 Å².